The molecule has 1 aliphatic rings. The van der Waals surface area contributed by atoms with Crippen molar-refractivity contribution in [2.75, 3.05) is 6.54 Å². The average molecular weight is 372 g/mol. The molecule has 0 saturated heterocycles. The fraction of sp³-hybridized carbons (Fsp3) is 0.261. The fourth-order valence-corrected chi connectivity index (χ4v) is 3.68. The van der Waals surface area contributed by atoms with E-state index < -0.39 is 0 Å². The number of fused-ring (bicyclic) bond motifs is 1. The van der Waals surface area contributed by atoms with E-state index in [1.54, 1.807) is 24.5 Å². The smallest absolute Gasteiger partial charge is 0.246 e. The molecule has 1 amide bonds. The van der Waals surface area contributed by atoms with Crippen LogP contribution in [0.15, 0.2) is 60.9 Å². The highest BCUT2D eigenvalue weighted by Crippen LogP contribution is 2.36. The molecule has 0 bridgehead atoms. The average Bonchev–Trinajstić information content (AvgIpc) is 3.13. The van der Waals surface area contributed by atoms with Crippen molar-refractivity contribution in [3.05, 3.63) is 72.2 Å². The molecule has 1 aromatic carbocycles. The van der Waals surface area contributed by atoms with Crippen LogP contribution in [-0.2, 0) is 24.3 Å². The molecule has 0 radical (unpaired) electrons. The van der Waals surface area contributed by atoms with E-state index in [1.807, 2.05) is 24.0 Å². The van der Waals surface area contributed by atoms with Gasteiger partial charge in [-0.25, -0.2) is 0 Å². The molecule has 5 nitrogen and oxygen atoms in total. The van der Waals surface area contributed by atoms with Crippen molar-refractivity contribution in [1.82, 2.24) is 19.7 Å². The van der Waals surface area contributed by atoms with Crippen LogP contribution < -0.4 is 0 Å². The van der Waals surface area contributed by atoms with Crippen LogP contribution >= 0.6 is 0 Å². The number of hydrogen-bond acceptors (Lipinski definition) is 3. The van der Waals surface area contributed by atoms with Gasteiger partial charge in [0.05, 0.1) is 18.8 Å². The number of hydrogen-bond donors (Lipinski definition) is 0. The van der Waals surface area contributed by atoms with Crippen LogP contribution in [0.3, 0.4) is 0 Å². The number of rotatable bonds is 4. The number of aromatic nitrogens is 3. The summed E-state index contributed by atoms with van der Waals surface area (Å²) in [5.74, 6) is 0.0458. The van der Waals surface area contributed by atoms with Crippen LogP contribution in [0.25, 0.3) is 22.4 Å². The molecule has 0 unspecified atom stereocenters. The number of benzene rings is 1. The number of pyridine rings is 1. The summed E-state index contributed by atoms with van der Waals surface area (Å²) in [6.45, 7) is 5.95. The summed E-state index contributed by atoms with van der Waals surface area (Å²) < 4.78 is 2.05. The highest BCUT2D eigenvalue weighted by molar-refractivity contribution is 5.88. The first-order chi connectivity index (χ1) is 13.7. The topological polar surface area (TPSA) is 51.0 Å². The molecular formula is C23H24N4O. The lowest BCUT2D eigenvalue weighted by atomic mass is 9.98. The molecule has 0 saturated carbocycles. The van der Waals surface area contributed by atoms with E-state index in [-0.39, 0.29) is 5.91 Å². The molecule has 3 aromatic rings. The molecule has 0 N–H and O–H groups in total. The minimum Gasteiger partial charge on any atom is -0.331 e. The minimum atomic E-state index is 0.0458. The van der Waals surface area contributed by atoms with Crippen molar-refractivity contribution in [3.8, 4) is 22.4 Å². The second-order valence-electron chi connectivity index (χ2n) is 6.94. The van der Waals surface area contributed by atoms with Gasteiger partial charge in [0, 0.05) is 30.1 Å². The molecule has 142 valence electrons. The van der Waals surface area contributed by atoms with Gasteiger partial charge in [-0.1, -0.05) is 37.3 Å². The van der Waals surface area contributed by atoms with Gasteiger partial charge in [0.25, 0.3) is 0 Å². The van der Waals surface area contributed by atoms with Gasteiger partial charge < -0.3 is 4.90 Å². The molecule has 1 aliphatic heterocycles. The molecule has 2 aromatic heterocycles. The minimum absolute atomic E-state index is 0.0458. The van der Waals surface area contributed by atoms with Gasteiger partial charge in [-0.15, -0.1) is 0 Å². The Balaban J connectivity index is 1.83. The molecule has 0 atom stereocenters. The summed E-state index contributed by atoms with van der Waals surface area (Å²) in [6.07, 6.45) is 8.03. The molecule has 0 fully saturated rings. The van der Waals surface area contributed by atoms with Gasteiger partial charge in [-0.2, -0.15) is 5.10 Å². The lowest BCUT2D eigenvalue weighted by molar-refractivity contribution is -0.127. The Morgan fingerprint density at radius 1 is 1.07 bits per heavy atom. The van der Waals surface area contributed by atoms with E-state index >= 15 is 0 Å². The summed E-state index contributed by atoms with van der Waals surface area (Å²) in [4.78, 5) is 18.4. The second-order valence-corrected chi connectivity index (χ2v) is 6.94. The fourth-order valence-electron chi connectivity index (χ4n) is 3.68. The summed E-state index contributed by atoms with van der Waals surface area (Å²) >= 11 is 0. The second kappa shape index (κ2) is 7.80. The van der Waals surface area contributed by atoms with E-state index in [2.05, 4.69) is 40.9 Å². The lowest BCUT2D eigenvalue weighted by Crippen LogP contribution is -2.37. The zero-order valence-electron chi connectivity index (χ0n) is 16.3. The summed E-state index contributed by atoms with van der Waals surface area (Å²) in [6, 6.07) is 12.6. The Morgan fingerprint density at radius 3 is 2.50 bits per heavy atom. The Labute approximate surface area is 165 Å². The third-order valence-electron chi connectivity index (χ3n) is 5.21. The van der Waals surface area contributed by atoms with Crippen molar-refractivity contribution in [2.24, 2.45) is 0 Å². The Bertz CT molecular complexity index is 1000. The van der Waals surface area contributed by atoms with Crippen molar-refractivity contribution in [2.45, 2.75) is 33.4 Å². The molecule has 0 spiro atoms. The zero-order valence-corrected chi connectivity index (χ0v) is 16.3. The SMILES string of the molecule is CC=CC(=O)N1CCn2nc(-c3ccc(CC)cc3)c(-c3ccncc3)c2C1. The predicted octanol–water partition coefficient (Wildman–Crippen LogP) is 4.09. The number of carbonyl (C=O) groups excluding carboxylic acids is 1. The normalized spacial score (nSPS) is 13.7. The van der Waals surface area contributed by atoms with Crippen LogP contribution in [0.5, 0.6) is 0 Å². The Kier molecular flexibility index (Phi) is 5.06. The van der Waals surface area contributed by atoms with Crippen molar-refractivity contribution >= 4 is 5.91 Å². The molecule has 3 heterocycles. The number of allylic oxidation sites excluding steroid dienone is 1. The Hall–Kier alpha value is -3.21. The first-order valence-electron chi connectivity index (χ1n) is 9.72. The maximum Gasteiger partial charge on any atom is 0.246 e. The third kappa shape index (κ3) is 3.36. The highest BCUT2D eigenvalue weighted by Gasteiger charge is 2.27. The van der Waals surface area contributed by atoms with Gasteiger partial charge in [0.1, 0.15) is 5.69 Å². The standard InChI is InChI=1S/C23H24N4O/c1-3-5-21(28)26-14-15-27-20(16-26)22(18-10-12-24-13-11-18)23(25-27)19-8-6-17(4-2)7-9-19/h3,5-13H,4,14-16H2,1-2H3. The van der Waals surface area contributed by atoms with Crippen LogP contribution in [0.1, 0.15) is 25.1 Å². The highest BCUT2D eigenvalue weighted by atomic mass is 16.2. The van der Waals surface area contributed by atoms with Crippen LogP contribution in [0.4, 0.5) is 0 Å². The van der Waals surface area contributed by atoms with Crippen LogP contribution in [-0.4, -0.2) is 32.1 Å². The van der Waals surface area contributed by atoms with Crippen molar-refractivity contribution in [1.29, 1.82) is 0 Å². The molecule has 5 heteroatoms. The number of aryl methyl sites for hydroxylation is 1. The predicted molar refractivity (Wildman–Crippen MR) is 111 cm³/mol. The summed E-state index contributed by atoms with van der Waals surface area (Å²) in [5, 5.41) is 4.93. The molecule has 28 heavy (non-hydrogen) atoms. The van der Waals surface area contributed by atoms with E-state index in [4.69, 9.17) is 5.10 Å². The monoisotopic (exact) mass is 372 g/mol. The van der Waals surface area contributed by atoms with Gasteiger partial charge >= 0.3 is 0 Å². The lowest BCUT2D eigenvalue weighted by Gasteiger charge is -2.27. The van der Waals surface area contributed by atoms with Gasteiger partial charge in [0.15, 0.2) is 0 Å². The van der Waals surface area contributed by atoms with E-state index in [1.165, 1.54) is 5.56 Å². The van der Waals surface area contributed by atoms with Crippen molar-refractivity contribution < 1.29 is 4.79 Å². The van der Waals surface area contributed by atoms with Gasteiger partial charge in [-0.3, -0.25) is 14.5 Å². The summed E-state index contributed by atoms with van der Waals surface area (Å²) in [5.41, 5.74) is 6.60. The van der Waals surface area contributed by atoms with Crippen LogP contribution in [0.2, 0.25) is 0 Å². The zero-order chi connectivity index (χ0) is 19.5. The maximum atomic E-state index is 12.4. The van der Waals surface area contributed by atoms with Gasteiger partial charge in [0.2, 0.25) is 5.91 Å². The Morgan fingerprint density at radius 2 is 1.82 bits per heavy atom. The first-order valence-corrected chi connectivity index (χ1v) is 9.72. The quantitative estimate of drug-likeness (QED) is 0.648. The number of nitrogens with zero attached hydrogens (tertiary/aromatic N) is 4. The van der Waals surface area contributed by atoms with E-state index in [0.29, 0.717) is 19.6 Å². The first kappa shape index (κ1) is 18.2. The molecular weight excluding hydrogens is 348 g/mol. The van der Waals surface area contributed by atoms with Crippen molar-refractivity contribution in [3.63, 3.8) is 0 Å². The number of carbonyl (C=O) groups is 1. The van der Waals surface area contributed by atoms with Gasteiger partial charge in [-0.05, 0) is 42.7 Å². The summed E-state index contributed by atoms with van der Waals surface area (Å²) in [7, 11) is 0. The largest absolute Gasteiger partial charge is 0.331 e. The number of amides is 1. The maximum absolute atomic E-state index is 12.4. The molecule has 0 aliphatic carbocycles. The van der Waals surface area contributed by atoms with Crippen LogP contribution in [0, 0.1) is 0 Å². The molecule has 4 rings (SSSR count). The van der Waals surface area contributed by atoms with E-state index in [9.17, 15) is 4.79 Å². The van der Waals surface area contributed by atoms with E-state index in [0.717, 1.165) is 34.5 Å². The third-order valence-corrected chi connectivity index (χ3v) is 5.21.